The molecule has 1 aliphatic rings. The van der Waals surface area contributed by atoms with Gasteiger partial charge in [-0.15, -0.1) is 0 Å². The molecule has 2 heterocycles. The van der Waals surface area contributed by atoms with Crippen LogP contribution in [0.25, 0.3) is 0 Å². The van der Waals surface area contributed by atoms with Crippen molar-refractivity contribution in [2.45, 2.75) is 18.9 Å². The van der Waals surface area contributed by atoms with E-state index in [1.165, 1.54) is 18.3 Å². The molecule has 3 rings (SSSR count). The number of rotatable bonds is 3. The van der Waals surface area contributed by atoms with Gasteiger partial charge in [-0.25, -0.2) is 4.98 Å². The number of carbonyl (C=O) groups excluding carboxylic acids is 1. The summed E-state index contributed by atoms with van der Waals surface area (Å²) in [5.41, 5.74) is 0.764. The minimum Gasteiger partial charge on any atom is -0.361 e. The van der Waals surface area contributed by atoms with Crippen LogP contribution in [0.3, 0.4) is 0 Å². The van der Waals surface area contributed by atoms with Crippen LogP contribution in [0.15, 0.2) is 48.7 Å². The molecule has 0 spiro atoms. The lowest BCUT2D eigenvalue weighted by molar-refractivity contribution is -0.384. The Labute approximate surface area is 151 Å². The van der Waals surface area contributed by atoms with E-state index in [-0.39, 0.29) is 23.5 Å². The Hall–Kier alpha value is -3.40. The van der Waals surface area contributed by atoms with Gasteiger partial charge in [0.1, 0.15) is 0 Å². The standard InChI is InChI=1S/C19H18N4O3/c24-18(9-8-15-5-2-1-3-6-15)22-13-10-16(11-14-22)21-19-17(23(25)26)7-4-12-20-19/h1-7,12,16H,10-11,13-14H2,(H,20,21). The van der Waals surface area contributed by atoms with E-state index in [1.807, 2.05) is 30.3 Å². The Morgan fingerprint density at radius 3 is 2.62 bits per heavy atom. The van der Waals surface area contributed by atoms with Crippen LogP contribution in [0.5, 0.6) is 0 Å². The molecule has 1 saturated heterocycles. The monoisotopic (exact) mass is 350 g/mol. The third-order valence-electron chi connectivity index (χ3n) is 4.19. The topological polar surface area (TPSA) is 88.4 Å². The number of hydrogen-bond acceptors (Lipinski definition) is 5. The van der Waals surface area contributed by atoms with E-state index in [0.717, 1.165) is 5.56 Å². The molecule has 1 aromatic carbocycles. The number of amides is 1. The van der Waals surface area contributed by atoms with Crippen molar-refractivity contribution in [1.29, 1.82) is 0 Å². The summed E-state index contributed by atoms with van der Waals surface area (Å²) < 4.78 is 0. The van der Waals surface area contributed by atoms with Crippen LogP contribution in [0.1, 0.15) is 18.4 Å². The highest BCUT2D eigenvalue weighted by molar-refractivity contribution is 5.94. The van der Waals surface area contributed by atoms with Gasteiger partial charge < -0.3 is 10.2 Å². The quantitative estimate of drug-likeness (QED) is 0.522. The summed E-state index contributed by atoms with van der Waals surface area (Å²) in [6, 6.07) is 12.4. The van der Waals surface area contributed by atoms with Crippen molar-refractivity contribution < 1.29 is 9.72 Å². The first kappa shape index (κ1) is 17.4. The van der Waals surface area contributed by atoms with Gasteiger partial charge in [0.2, 0.25) is 5.82 Å². The molecular weight excluding hydrogens is 332 g/mol. The van der Waals surface area contributed by atoms with Crippen LogP contribution in [-0.2, 0) is 4.79 Å². The van der Waals surface area contributed by atoms with Gasteiger partial charge in [0, 0.05) is 42.9 Å². The Kier molecular flexibility index (Phi) is 5.44. The Morgan fingerprint density at radius 2 is 1.92 bits per heavy atom. The van der Waals surface area contributed by atoms with Crippen LogP contribution in [0, 0.1) is 22.0 Å². The molecule has 0 radical (unpaired) electrons. The fourth-order valence-electron chi connectivity index (χ4n) is 2.80. The fourth-order valence-corrected chi connectivity index (χ4v) is 2.80. The molecule has 0 atom stereocenters. The third-order valence-corrected chi connectivity index (χ3v) is 4.19. The van der Waals surface area contributed by atoms with Crippen molar-refractivity contribution in [3.63, 3.8) is 0 Å². The second-order valence-electron chi connectivity index (χ2n) is 5.96. The Bertz CT molecular complexity index is 850. The van der Waals surface area contributed by atoms with Gasteiger partial charge in [0.15, 0.2) is 0 Å². The first-order chi connectivity index (χ1) is 12.6. The van der Waals surface area contributed by atoms with E-state index in [4.69, 9.17) is 0 Å². The number of carbonyl (C=O) groups is 1. The SMILES string of the molecule is O=C(C#Cc1ccccc1)N1CCC(Nc2ncccc2[N+](=O)[O-])CC1. The number of benzene rings is 1. The molecule has 0 bridgehead atoms. The molecule has 1 N–H and O–H groups in total. The average Bonchev–Trinajstić information content (AvgIpc) is 2.68. The first-order valence-electron chi connectivity index (χ1n) is 8.35. The van der Waals surface area contributed by atoms with E-state index < -0.39 is 4.92 Å². The number of nitrogens with zero attached hydrogens (tertiary/aromatic N) is 3. The van der Waals surface area contributed by atoms with Crippen molar-refractivity contribution >= 4 is 17.4 Å². The van der Waals surface area contributed by atoms with Crippen molar-refractivity contribution in [1.82, 2.24) is 9.88 Å². The smallest absolute Gasteiger partial charge is 0.311 e. The van der Waals surface area contributed by atoms with E-state index in [9.17, 15) is 14.9 Å². The highest BCUT2D eigenvalue weighted by atomic mass is 16.6. The van der Waals surface area contributed by atoms with Crippen LogP contribution in [0.2, 0.25) is 0 Å². The van der Waals surface area contributed by atoms with Gasteiger partial charge in [-0.3, -0.25) is 14.9 Å². The molecule has 1 amide bonds. The number of hydrogen-bond donors (Lipinski definition) is 1. The third kappa shape index (κ3) is 4.36. The molecule has 7 heteroatoms. The summed E-state index contributed by atoms with van der Waals surface area (Å²) in [5, 5.41) is 14.2. The maximum absolute atomic E-state index is 12.2. The Morgan fingerprint density at radius 1 is 1.19 bits per heavy atom. The maximum atomic E-state index is 12.2. The molecule has 1 aliphatic heterocycles. The number of nitrogens with one attached hydrogen (secondary N) is 1. The molecule has 26 heavy (non-hydrogen) atoms. The van der Waals surface area contributed by atoms with Gasteiger partial charge in [-0.05, 0) is 31.0 Å². The molecule has 1 aromatic heterocycles. The molecule has 132 valence electrons. The highest BCUT2D eigenvalue weighted by Gasteiger charge is 2.24. The lowest BCUT2D eigenvalue weighted by Gasteiger charge is -2.31. The molecule has 7 nitrogen and oxygen atoms in total. The molecule has 0 aliphatic carbocycles. The normalized spacial score (nSPS) is 14.2. The van der Waals surface area contributed by atoms with Crippen LogP contribution >= 0.6 is 0 Å². The molecular formula is C19H18N4O3. The zero-order valence-electron chi connectivity index (χ0n) is 14.1. The first-order valence-corrected chi connectivity index (χ1v) is 8.35. The highest BCUT2D eigenvalue weighted by Crippen LogP contribution is 2.23. The van der Waals surface area contributed by atoms with Gasteiger partial charge >= 0.3 is 5.69 Å². The van der Waals surface area contributed by atoms with Crippen LogP contribution in [0.4, 0.5) is 11.5 Å². The molecule has 2 aromatic rings. The zero-order chi connectivity index (χ0) is 18.4. The van der Waals surface area contributed by atoms with Crippen LogP contribution < -0.4 is 5.32 Å². The van der Waals surface area contributed by atoms with E-state index in [1.54, 1.807) is 4.90 Å². The molecule has 0 unspecified atom stereocenters. The number of pyridine rings is 1. The van der Waals surface area contributed by atoms with Crippen molar-refractivity contribution in [2.24, 2.45) is 0 Å². The van der Waals surface area contributed by atoms with E-state index >= 15 is 0 Å². The summed E-state index contributed by atoms with van der Waals surface area (Å²) in [5.74, 6) is 5.61. The number of anilines is 1. The van der Waals surface area contributed by atoms with Crippen molar-refractivity contribution in [3.8, 4) is 11.8 Å². The van der Waals surface area contributed by atoms with Gasteiger partial charge in [0.25, 0.3) is 5.91 Å². The fraction of sp³-hybridized carbons (Fsp3) is 0.263. The maximum Gasteiger partial charge on any atom is 0.311 e. The molecule has 0 saturated carbocycles. The average molecular weight is 350 g/mol. The van der Waals surface area contributed by atoms with E-state index in [2.05, 4.69) is 22.1 Å². The predicted molar refractivity (Wildman–Crippen MR) is 97.4 cm³/mol. The van der Waals surface area contributed by atoms with Crippen molar-refractivity contribution in [3.05, 3.63) is 64.3 Å². The minimum absolute atomic E-state index is 0.0368. The predicted octanol–water partition coefficient (Wildman–Crippen LogP) is 2.44. The summed E-state index contributed by atoms with van der Waals surface area (Å²) in [6.07, 6.45) is 2.89. The summed E-state index contributed by atoms with van der Waals surface area (Å²) in [7, 11) is 0. The lowest BCUT2D eigenvalue weighted by atomic mass is 10.0. The molecule has 1 fully saturated rings. The van der Waals surface area contributed by atoms with Gasteiger partial charge in [-0.2, -0.15) is 0 Å². The van der Waals surface area contributed by atoms with Gasteiger partial charge in [0.05, 0.1) is 4.92 Å². The lowest BCUT2D eigenvalue weighted by Crippen LogP contribution is -2.42. The summed E-state index contributed by atoms with van der Waals surface area (Å²) in [6.45, 7) is 1.11. The van der Waals surface area contributed by atoms with E-state index in [0.29, 0.717) is 25.9 Å². The second-order valence-corrected chi connectivity index (χ2v) is 5.96. The second kappa shape index (κ2) is 8.12. The van der Waals surface area contributed by atoms with Crippen LogP contribution in [-0.4, -0.2) is 39.8 Å². The number of piperidine rings is 1. The van der Waals surface area contributed by atoms with Crippen molar-refractivity contribution in [2.75, 3.05) is 18.4 Å². The Balaban J connectivity index is 1.56. The number of nitro groups is 1. The summed E-state index contributed by atoms with van der Waals surface area (Å²) in [4.78, 5) is 28.6. The largest absolute Gasteiger partial charge is 0.361 e. The number of aromatic nitrogens is 1. The zero-order valence-corrected chi connectivity index (χ0v) is 14.1. The summed E-state index contributed by atoms with van der Waals surface area (Å²) >= 11 is 0. The van der Waals surface area contributed by atoms with Gasteiger partial charge in [-0.1, -0.05) is 24.1 Å². The minimum atomic E-state index is -0.451. The number of likely N-dealkylation sites (tertiary alicyclic amines) is 1.